The van der Waals surface area contributed by atoms with Crippen LogP contribution in [0.3, 0.4) is 0 Å². The summed E-state index contributed by atoms with van der Waals surface area (Å²) in [7, 11) is 0. The Kier molecular flexibility index (Phi) is 1.09. The van der Waals surface area contributed by atoms with Gasteiger partial charge in [0.1, 0.15) is 0 Å². The molecule has 0 amide bonds. The molecule has 0 aliphatic heterocycles. The van der Waals surface area contributed by atoms with E-state index in [0.29, 0.717) is 0 Å². The molecule has 0 spiro atoms. The summed E-state index contributed by atoms with van der Waals surface area (Å²) in [5.41, 5.74) is 1.64. The quantitative estimate of drug-likeness (QED) is 0.601. The molecule has 0 saturated heterocycles. The molecule has 56 valence electrons. The summed E-state index contributed by atoms with van der Waals surface area (Å²) in [6.07, 6.45) is 2.92. The summed E-state index contributed by atoms with van der Waals surface area (Å²) in [5.74, 6) is 0.126. The SMILES string of the molecule is Cc1cc2ncc(O)cn2n1. The first kappa shape index (κ1) is 6.15. The molecule has 2 aromatic rings. The molecule has 0 bridgehead atoms. The summed E-state index contributed by atoms with van der Waals surface area (Å²) in [6.45, 7) is 1.88. The van der Waals surface area contributed by atoms with Gasteiger partial charge in [-0.25, -0.2) is 9.50 Å². The van der Waals surface area contributed by atoms with Gasteiger partial charge in [0.2, 0.25) is 0 Å². The Morgan fingerprint density at radius 2 is 2.36 bits per heavy atom. The number of hydrogen-bond donors (Lipinski definition) is 1. The van der Waals surface area contributed by atoms with E-state index >= 15 is 0 Å². The smallest absolute Gasteiger partial charge is 0.155 e. The first-order chi connectivity index (χ1) is 5.25. The van der Waals surface area contributed by atoms with Gasteiger partial charge in [0.05, 0.1) is 18.1 Å². The lowest BCUT2D eigenvalue weighted by Gasteiger charge is -1.91. The molecule has 2 heterocycles. The molecule has 4 nitrogen and oxygen atoms in total. The number of nitrogens with zero attached hydrogens (tertiary/aromatic N) is 3. The molecule has 2 aromatic heterocycles. The highest BCUT2D eigenvalue weighted by atomic mass is 16.3. The normalized spacial score (nSPS) is 10.6. The van der Waals surface area contributed by atoms with Crippen molar-refractivity contribution in [2.24, 2.45) is 0 Å². The molecule has 4 heteroatoms. The van der Waals surface area contributed by atoms with Crippen LogP contribution < -0.4 is 0 Å². The zero-order chi connectivity index (χ0) is 7.84. The Balaban J connectivity index is 2.82. The molecule has 11 heavy (non-hydrogen) atoms. The number of aromatic nitrogens is 3. The fourth-order valence-electron chi connectivity index (χ4n) is 0.985. The Labute approximate surface area is 63.1 Å². The molecule has 0 fully saturated rings. The maximum absolute atomic E-state index is 9.02. The third-order valence-electron chi connectivity index (χ3n) is 1.42. The number of aryl methyl sites for hydroxylation is 1. The van der Waals surface area contributed by atoms with Crippen LogP contribution in [0.5, 0.6) is 5.75 Å². The van der Waals surface area contributed by atoms with Gasteiger partial charge in [0, 0.05) is 6.07 Å². The summed E-state index contributed by atoms with van der Waals surface area (Å²) in [6, 6.07) is 1.85. The van der Waals surface area contributed by atoms with Crippen molar-refractivity contribution in [1.29, 1.82) is 0 Å². The van der Waals surface area contributed by atoms with Gasteiger partial charge in [-0.05, 0) is 6.92 Å². The molecule has 0 aromatic carbocycles. The molecular formula is C7H7N3O. The maximum Gasteiger partial charge on any atom is 0.155 e. The van der Waals surface area contributed by atoms with Gasteiger partial charge in [0.15, 0.2) is 11.4 Å². The van der Waals surface area contributed by atoms with Gasteiger partial charge in [-0.2, -0.15) is 5.10 Å². The average molecular weight is 149 g/mol. The Morgan fingerprint density at radius 1 is 1.55 bits per heavy atom. The monoisotopic (exact) mass is 149 g/mol. The zero-order valence-electron chi connectivity index (χ0n) is 6.02. The van der Waals surface area contributed by atoms with E-state index in [1.807, 2.05) is 13.0 Å². The molecule has 2 rings (SSSR count). The van der Waals surface area contributed by atoms with Crippen molar-refractivity contribution in [1.82, 2.24) is 14.6 Å². The van der Waals surface area contributed by atoms with Crippen LogP contribution in [0.1, 0.15) is 5.69 Å². The van der Waals surface area contributed by atoms with Crippen LogP contribution in [0.4, 0.5) is 0 Å². The summed E-state index contributed by atoms with van der Waals surface area (Å²) < 4.78 is 1.55. The topological polar surface area (TPSA) is 50.4 Å². The van der Waals surface area contributed by atoms with Gasteiger partial charge < -0.3 is 5.11 Å². The van der Waals surface area contributed by atoms with Crippen molar-refractivity contribution in [3.8, 4) is 5.75 Å². The lowest BCUT2D eigenvalue weighted by atomic mass is 10.5. The van der Waals surface area contributed by atoms with Crippen LogP contribution in [-0.4, -0.2) is 19.7 Å². The number of fused-ring (bicyclic) bond motifs is 1. The minimum Gasteiger partial charge on any atom is -0.505 e. The van der Waals surface area contributed by atoms with E-state index in [1.165, 1.54) is 12.4 Å². The van der Waals surface area contributed by atoms with Crippen molar-refractivity contribution in [3.05, 3.63) is 24.2 Å². The van der Waals surface area contributed by atoms with Gasteiger partial charge in [-0.3, -0.25) is 0 Å². The third kappa shape index (κ3) is 0.920. The standard InChI is InChI=1S/C7H7N3O/c1-5-2-7-8-3-6(11)4-10(7)9-5/h2-4,11H,1H3. The Hall–Kier alpha value is -1.58. The minimum atomic E-state index is 0.126. The molecule has 0 saturated carbocycles. The van der Waals surface area contributed by atoms with E-state index in [0.717, 1.165) is 11.3 Å². The first-order valence-electron chi connectivity index (χ1n) is 3.27. The minimum absolute atomic E-state index is 0.126. The Bertz CT molecular complexity index is 393. The van der Waals surface area contributed by atoms with Gasteiger partial charge in [0.25, 0.3) is 0 Å². The molecule has 0 unspecified atom stereocenters. The van der Waals surface area contributed by atoms with Gasteiger partial charge in [-0.15, -0.1) is 0 Å². The number of aromatic hydroxyl groups is 1. The average Bonchev–Trinajstić information content (AvgIpc) is 2.27. The van der Waals surface area contributed by atoms with Crippen molar-refractivity contribution < 1.29 is 5.11 Å². The number of rotatable bonds is 0. The second kappa shape index (κ2) is 1.95. The summed E-state index contributed by atoms with van der Waals surface area (Å²) in [5, 5.41) is 13.1. The maximum atomic E-state index is 9.02. The van der Waals surface area contributed by atoms with Crippen molar-refractivity contribution in [2.75, 3.05) is 0 Å². The summed E-state index contributed by atoms with van der Waals surface area (Å²) in [4.78, 5) is 3.95. The largest absolute Gasteiger partial charge is 0.505 e. The fraction of sp³-hybridized carbons (Fsp3) is 0.143. The third-order valence-corrected chi connectivity index (χ3v) is 1.42. The van der Waals surface area contributed by atoms with Crippen LogP contribution in [0, 0.1) is 6.92 Å². The summed E-state index contributed by atoms with van der Waals surface area (Å²) >= 11 is 0. The second-order valence-electron chi connectivity index (χ2n) is 2.40. The van der Waals surface area contributed by atoms with Crippen LogP contribution in [0.15, 0.2) is 18.5 Å². The van der Waals surface area contributed by atoms with E-state index in [1.54, 1.807) is 4.52 Å². The van der Waals surface area contributed by atoms with E-state index in [9.17, 15) is 0 Å². The van der Waals surface area contributed by atoms with E-state index in [4.69, 9.17) is 5.11 Å². The van der Waals surface area contributed by atoms with Crippen LogP contribution in [-0.2, 0) is 0 Å². The highest BCUT2D eigenvalue weighted by Crippen LogP contribution is 2.08. The predicted molar refractivity (Wildman–Crippen MR) is 39.4 cm³/mol. The predicted octanol–water partition coefficient (Wildman–Crippen LogP) is 0.743. The Morgan fingerprint density at radius 3 is 3.18 bits per heavy atom. The molecular weight excluding hydrogens is 142 g/mol. The number of hydrogen-bond acceptors (Lipinski definition) is 3. The van der Waals surface area contributed by atoms with E-state index < -0.39 is 0 Å². The van der Waals surface area contributed by atoms with E-state index in [2.05, 4.69) is 10.1 Å². The lowest BCUT2D eigenvalue weighted by Crippen LogP contribution is -1.87. The highest BCUT2D eigenvalue weighted by molar-refractivity contribution is 5.39. The fourth-order valence-corrected chi connectivity index (χ4v) is 0.985. The highest BCUT2D eigenvalue weighted by Gasteiger charge is 1.97. The van der Waals surface area contributed by atoms with E-state index in [-0.39, 0.29) is 5.75 Å². The second-order valence-corrected chi connectivity index (χ2v) is 2.40. The van der Waals surface area contributed by atoms with Gasteiger partial charge >= 0.3 is 0 Å². The van der Waals surface area contributed by atoms with Crippen molar-refractivity contribution >= 4 is 5.65 Å². The molecule has 0 aliphatic carbocycles. The first-order valence-corrected chi connectivity index (χ1v) is 3.27. The van der Waals surface area contributed by atoms with Gasteiger partial charge in [-0.1, -0.05) is 0 Å². The van der Waals surface area contributed by atoms with Crippen molar-refractivity contribution in [2.45, 2.75) is 6.92 Å². The van der Waals surface area contributed by atoms with Crippen LogP contribution in [0.2, 0.25) is 0 Å². The molecule has 0 atom stereocenters. The molecule has 0 radical (unpaired) electrons. The van der Waals surface area contributed by atoms with Crippen LogP contribution in [0.25, 0.3) is 5.65 Å². The lowest BCUT2D eigenvalue weighted by molar-refractivity contribution is 0.467. The van der Waals surface area contributed by atoms with Crippen molar-refractivity contribution in [3.63, 3.8) is 0 Å². The van der Waals surface area contributed by atoms with Crippen LogP contribution >= 0.6 is 0 Å². The molecule has 1 N–H and O–H groups in total. The molecule has 0 aliphatic rings. The zero-order valence-corrected chi connectivity index (χ0v) is 6.02.